The SMILES string of the molecule is COC(=O)C(C(=O)OC)C(=O)C1(n2cccc2C2CCC2)CCCC1. The van der Waals surface area contributed by atoms with Gasteiger partial charge >= 0.3 is 11.9 Å². The number of methoxy groups -OCH3 is 2. The summed E-state index contributed by atoms with van der Waals surface area (Å²) in [4.78, 5) is 37.7. The van der Waals surface area contributed by atoms with Crippen LogP contribution in [0, 0.1) is 5.92 Å². The van der Waals surface area contributed by atoms with Crippen LogP contribution in [0.3, 0.4) is 0 Å². The minimum absolute atomic E-state index is 0.402. The molecule has 6 nitrogen and oxygen atoms in total. The average molecular weight is 347 g/mol. The van der Waals surface area contributed by atoms with Gasteiger partial charge in [0.1, 0.15) is 5.54 Å². The first-order chi connectivity index (χ1) is 12.0. The lowest BCUT2D eigenvalue weighted by atomic mass is 9.80. The highest BCUT2D eigenvalue weighted by Gasteiger charge is 2.52. The second kappa shape index (κ2) is 7.02. The van der Waals surface area contributed by atoms with Crippen molar-refractivity contribution < 1.29 is 23.9 Å². The van der Waals surface area contributed by atoms with Crippen molar-refractivity contribution in [2.75, 3.05) is 14.2 Å². The van der Waals surface area contributed by atoms with Gasteiger partial charge in [0, 0.05) is 11.9 Å². The van der Waals surface area contributed by atoms with Gasteiger partial charge in [-0.05, 0) is 43.7 Å². The number of Topliss-reactive ketones (excluding diaryl/α,β-unsaturated/α-hetero) is 1. The molecule has 1 aromatic rings. The molecule has 0 amide bonds. The summed E-state index contributed by atoms with van der Waals surface area (Å²) in [6.45, 7) is 0. The standard InChI is InChI=1S/C19H25NO5/c1-24-17(22)15(18(23)25-2)16(21)19(10-3-4-11-19)20-12-6-9-14(20)13-7-5-8-13/h6,9,12-13,15H,3-5,7-8,10-11H2,1-2H3. The highest BCUT2D eigenvalue weighted by molar-refractivity contribution is 6.17. The lowest BCUT2D eigenvalue weighted by Crippen LogP contribution is -2.49. The number of esters is 2. The number of ether oxygens (including phenoxy) is 2. The van der Waals surface area contributed by atoms with Gasteiger partial charge < -0.3 is 14.0 Å². The summed E-state index contributed by atoms with van der Waals surface area (Å²) >= 11 is 0. The minimum Gasteiger partial charge on any atom is -0.468 e. The minimum atomic E-state index is -1.52. The van der Waals surface area contributed by atoms with E-state index in [9.17, 15) is 14.4 Å². The van der Waals surface area contributed by atoms with Crippen molar-refractivity contribution in [1.82, 2.24) is 4.57 Å². The molecule has 0 atom stereocenters. The van der Waals surface area contributed by atoms with Crippen LogP contribution < -0.4 is 0 Å². The number of ketones is 1. The molecule has 136 valence electrons. The van der Waals surface area contributed by atoms with Gasteiger partial charge in [0.25, 0.3) is 0 Å². The van der Waals surface area contributed by atoms with E-state index >= 15 is 0 Å². The smallest absolute Gasteiger partial charge is 0.327 e. The summed E-state index contributed by atoms with van der Waals surface area (Å²) < 4.78 is 11.5. The third-order valence-electron chi connectivity index (χ3n) is 5.79. The predicted octanol–water partition coefficient (Wildman–Crippen LogP) is 2.56. The van der Waals surface area contributed by atoms with E-state index in [0.717, 1.165) is 31.4 Å². The maximum atomic E-state index is 13.4. The van der Waals surface area contributed by atoms with Gasteiger partial charge in [-0.15, -0.1) is 0 Å². The average Bonchev–Trinajstić information content (AvgIpc) is 3.22. The van der Waals surface area contributed by atoms with Crippen molar-refractivity contribution in [3.8, 4) is 0 Å². The fourth-order valence-electron chi connectivity index (χ4n) is 4.20. The summed E-state index contributed by atoms with van der Waals surface area (Å²) in [5.41, 5.74) is 0.275. The van der Waals surface area contributed by atoms with Crippen molar-refractivity contribution >= 4 is 17.7 Å². The summed E-state index contributed by atoms with van der Waals surface area (Å²) in [5, 5.41) is 0. The molecule has 0 radical (unpaired) electrons. The topological polar surface area (TPSA) is 74.6 Å². The van der Waals surface area contributed by atoms with Crippen LogP contribution in [0.5, 0.6) is 0 Å². The van der Waals surface area contributed by atoms with Crippen LogP contribution in [-0.4, -0.2) is 36.5 Å². The molecule has 6 heteroatoms. The number of carbonyl (C=O) groups excluding carboxylic acids is 3. The van der Waals surface area contributed by atoms with Gasteiger partial charge in [-0.2, -0.15) is 0 Å². The lowest BCUT2D eigenvalue weighted by Gasteiger charge is -2.37. The molecular weight excluding hydrogens is 322 g/mol. The molecule has 2 aliphatic carbocycles. The normalized spacial score (nSPS) is 19.5. The molecule has 0 bridgehead atoms. The molecule has 0 aliphatic heterocycles. The summed E-state index contributed by atoms with van der Waals surface area (Å²) in [6, 6.07) is 4.01. The third-order valence-corrected chi connectivity index (χ3v) is 5.79. The second-order valence-electron chi connectivity index (χ2n) is 7.01. The zero-order chi connectivity index (χ0) is 18.0. The molecule has 1 aromatic heterocycles. The van der Waals surface area contributed by atoms with Crippen LogP contribution in [0.2, 0.25) is 0 Å². The Labute approximate surface area is 147 Å². The van der Waals surface area contributed by atoms with Crippen LogP contribution >= 0.6 is 0 Å². The quantitative estimate of drug-likeness (QED) is 0.584. The van der Waals surface area contributed by atoms with Crippen LogP contribution in [0.15, 0.2) is 18.3 Å². The molecule has 0 spiro atoms. The largest absolute Gasteiger partial charge is 0.468 e. The van der Waals surface area contributed by atoms with Gasteiger partial charge in [-0.1, -0.05) is 19.3 Å². The van der Waals surface area contributed by atoms with Crippen LogP contribution in [0.4, 0.5) is 0 Å². The van der Waals surface area contributed by atoms with E-state index in [1.165, 1.54) is 20.6 Å². The molecule has 0 N–H and O–H groups in total. The highest BCUT2D eigenvalue weighted by Crippen LogP contribution is 2.45. The van der Waals surface area contributed by atoms with E-state index in [4.69, 9.17) is 9.47 Å². The van der Waals surface area contributed by atoms with Crippen molar-refractivity contribution in [3.63, 3.8) is 0 Å². The van der Waals surface area contributed by atoms with Crippen molar-refractivity contribution in [2.45, 2.75) is 56.4 Å². The molecule has 25 heavy (non-hydrogen) atoms. The summed E-state index contributed by atoms with van der Waals surface area (Å²) in [5.74, 6) is -3.17. The number of nitrogens with zero attached hydrogens (tertiary/aromatic N) is 1. The zero-order valence-corrected chi connectivity index (χ0v) is 14.8. The number of carbonyl (C=O) groups is 3. The first-order valence-electron chi connectivity index (χ1n) is 8.93. The molecule has 2 saturated carbocycles. The molecule has 0 unspecified atom stereocenters. The Kier molecular flexibility index (Phi) is 4.97. The molecule has 0 saturated heterocycles. The van der Waals surface area contributed by atoms with E-state index in [0.29, 0.717) is 18.8 Å². The highest BCUT2D eigenvalue weighted by atomic mass is 16.5. The van der Waals surface area contributed by atoms with E-state index < -0.39 is 29.2 Å². The summed E-state index contributed by atoms with van der Waals surface area (Å²) in [6.07, 6.45) is 8.39. The number of hydrogen-bond donors (Lipinski definition) is 0. The van der Waals surface area contributed by atoms with E-state index in [1.54, 1.807) is 0 Å². The molecule has 2 fully saturated rings. The Morgan fingerprint density at radius 3 is 2.16 bits per heavy atom. The molecular formula is C19H25NO5. The van der Waals surface area contributed by atoms with Crippen LogP contribution in [0.25, 0.3) is 0 Å². The molecule has 2 aliphatic rings. The van der Waals surface area contributed by atoms with Crippen LogP contribution in [0.1, 0.15) is 56.6 Å². The van der Waals surface area contributed by atoms with Gasteiger partial charge in [0.15, 0.2) is 5.78 Å². The molecule has 1 heterocycles. The van der Waals surface area contributed by atoms with Crippen molar-refractivity contribution in [3.05, 3.63) is 24.0 Å². The first-order valence-corrected chi connectivity index (χ1v) is 8.93. The van der Waals surface area contributed by atoms with Crippen molar-refractivity contribution in [2.24, 2.45) is 5.92 Å². The Morgan fingerprint density at radius 1 is 1.08 bits per heavy atom. The number of rotatable bonds is 6. The van der Waals surface area contributed by atoms with E-state index in [-0.39, 0.29) is 0 Å². The van der Waals surface area contributed by atoms with Gasteiger partial charge in [0.2, 0.25) is 5.92 Å². The van der Waals surface area contributed by atoms with Gasteiger partial charge in [0.05, 0.1) is 14.2 Å². The third kappa shape index (κ3) is 2.87. The lowest BCUT2D eigenvalue weighted by molar-refractivity contribution is -0.163. The number of aromatic nitrogens is 1. The Balaban J connectivity index is 2.02. The maximum absolute atomic E-state index is 13.4. The fraction of sp³-hybridized carbons (Fsp3) is 0.632. The summed E-state index contributed by atoms with van der Waals surface area (Å²) in [7, 11) is 2.37. The Morgan fingerprint density at radius 2 is 1.68 bits per heavy atom. The van der Waals surface area contributed by atoms with Gasteiger partial charge in [-0.25, -0.2) is 0 Å². The predicted molar refractivity (Wildman–Crippen MR) is 90.0 cm³/mol. The molecule has 3 rings (SSSR count). The fourth-order valence-corrected chi connectivity index (χ4v) is 4.20. The zero-order valence-electron chi connectivity index (χ0n) is 14.8. The Hall–Kier alpha value is -2.11. The monoisotopic (exact) mass is 347 g/mol. The maximum Gasteiger partial charge on any atom is 0.327 e. The van der Waals surface area contributed by atoms with Crippen molar-refractivity contribution in [1.29, 1.82) is 0 Å². The van der Waals surface area contributed by atoms with Gasteiger partial charge in [-0.3, -0.25) is 14.4 Å². The Bertz CT molecular complexity index is 651. The van der Waals surface area contributed by atoms with E-state index in [1.807, 2.05) is 16.8 Å². The van der Waals surface area contributed by atoms with E-state index in [2.05, 4.69) is 6.07 Å². The molecule has 0 aromatic carbocycles. The number of hydrogen-bond acceptors (Lipinski definition) is 5. The second-order valence-corrected chi connectivity index (χ2v) is 7.01. The first kappa shape index (κ1) is 17.7. The van der Waals surface area contributed by atoms with Crippen LogP contribution in [-0.2, 0) is 29.4 Å².